The van der Waals surface area contributed by atoms with Gasteiger partial charge in [0.1, 0.15) is 5.75 Å². The molecule has 0 bridgehead atoms. The van der Waals surface area contributed by atoms with Gasteiger partial charge in [-0.05, 0) is 54.0 Å². The molecule has 28 heavy (non-hydrogen) atoms. The molecule has 0 saturated heterocycles. The van der Waals surface area contributed by atoms with Crippen LogP contribution in [0.15, 0.2) is 58.4 Å². The van der Waals surface area contributed by atoms with E-state index < -0.39 is 0 Å². The summed E-state index contributed by atoms with van der Waals surface area (Å²) in [5.41, 5.74) is 2.33. The predicted molar refractivity (Wildman–Crippen MR) is 120 cm³/mol. The van der Waals surface area contributed by atoms with Crippen LogP contribution in [0.25, 0.3) is 0 Å². The first-order chi connectivity index (χ1) is 13.7. The Kier molecular flexibility index (Phi) is 7.86. The van der Waals surface area contributed by atoms with Gasteiger partial charge in [-0.1, -0.05) is 43.0 Å². The zero-order valence-corrected chi connectivity index (χ0v) is 17.9. The minimum absolute atomic E-state index is 0.0195. The fourth-order valence-corrected chi connectivity index (χ4v) is 4.59. The molecule has 1 N–H and O–H groups in total. The average molecular weight is 415 g/mol. The Bertz CT molecular complexity index is 804. The van der Waals surface area contributed by atoms with Crippen LogP contribution in [0.2, 0.25) is 0 Å². The van der Waals surface area contributed by atoms with E-state index >= 15 is 0 Å². The second kappa shape index (κ2) is 10.6. The molecule has 1 aliphatic heterocycles. The molecule has 1 heterocycles. The molecule has 2 aromatic carbocycles. The number of hydrogen-bond donors (Lipinski definition) is 1. The zero-order valence-electron chi connectivity index (χ0n) is 16.3. The van der Waals surface area contributed by atoms with E-state index in [-0.39, 0.29) is 11.9 Å². The number of aliphatic imine (C=N–C) groups is 1. The van der Waals surface area contributed by atoms with Gasteiger partial charge in [0.2, 0.25) is 5.91 Å². The molecule has 1 aliphatic rings. The SMILES string of the molecule is CCCSc1ccc(CCC(=O)NC2=NC(c3ccc(OC)cc3)CS2)cc1. The second-order valence-electron chi connectivity index (χ2n) is 6.57. The first-order valence-corrected chi connectivity index (χ1v) is 11.5. The van der Waals surface area contributed by atoms with Gasteiger partial charge in [-0.15, -0.1) is 11.8 Å². The van der Waals surface area contributed by atoms with Crippen molar-refractivity contribution in [2.24, 2.45) is 4.99 Å². The lowest BCUT2D eigenvalue weighted by atomic mass is 10.1. The third-order valence-corrected chi connectivity index (χ3v) is 6.62. The van der Waals surface area contributed by atoms with Crippen molar-refractivity contribution in [2.75, 3.05) is 18.6 Å². The Morgan fingerprint density at radius 1 is 1.21 bits per heavy atom. The van der Waals surface area contributed by atoms with E-state index in [0.717, 1.165) is 34.4 Å². The molecule has 0 aromatic heterocycles. The number of carbonyl (C=O) groups excluding carboxylic acids is 1. The molecule has 1 unspecified atom stereocenters. The number of methoxy groups -OCH3 is 1. The largest absolute Gasteiger partial charge is 0.497 e. The van der Waals surface area contributed by atoms with Gasteiger partial charge in [0.15, 0.2) is 5.17 Å². The molecule has 0 radical (unpaired) electrons. The lowest BCUT2D eigenvalue weighted by Crippen LogP contribution is -2.27. The number of carbonyl (C=O) groups is 1. The van der Waals surface area contributed by atoms with E-state index in [0.29, 0.717) is 6.42 Å². The zero-order chi connectivity index (χ0) is 19.8. The lowest BCUT2D eigenvalue weighted by Gasteiger charge is -2.07. The number of rotatable bonds is 8. The summed E-state index contributed by atoms with van der Waals surface area (Å²) in [5, 5.41) is 3.68. The van der Waals surface area contributed by atoms with Crippen LogP contribution >= 0.6 is 23.5 Å². The lowest BCUT2D eigenvalue weighted by molar-refractivity contribution is -0.119. The molecule has 6 heteroatoms. The summed E-state index contributed by atoms with van der Waals surface area (Å²) in [5.74, 6) is 2.84. The van der Waals surface area contributed by atoms with Crippen LogP contribution in [0.3, 0.4) is 0 Å². The van der Waals surface area contributed by atoms with Crippen LogP contribution in [0.5, 0.6) is 5.75 Å². The minimum atomic E-state index is 0.0195. The topological polar surface area (TPSA) is 50.7 Å². The molecule has 3 rings (SSSR count). The number of benzene rings is 2. The number of amides is 1. The Morgan fingerprint density at radius 3 is 2.64 bits per heavy atom. The Morgan fingerprint density at radius 2 is 1.96 bits per heavy atom. The fourth-order valence-electron chi connectivity index (χ4n) is 2.85. The molecular weight excluding hydrogens is 388 g/mol. The summed E-state index contributed by atoms with van der Waals surface area (Å²) in [7, 11) is 1.66. The predicted octanol–water partition coefficient (Wildman–Crippen LogP) is 5.09. The first-order valence-electron chi connectivity index (χ1n) is 9.54. The van der Waals surface area contributed by atoms with E-state index in [2.05, 4.69) is 41.5 Å². The highest BCUT2D eigenvalue weighted by atomic mass is 32.2. The average Bonchev–Trinajstić information content (AvgIpc) is 3.20. The van der Waals surface area contributed by atoms with Crippen molar-refractivity contribution in [1.29, 1.82) is 0 Å². The smallest absolute Gasteiger partial charge is 0.226 e. The molecule has 4 nitrogen and oxygen atoms in total. The van der Waals surface area contributed by atoms with Crippen LogP contribution in [0.1, 0.15) is 36.9 Å². The molecule has 0 fully saturated rings. The van der Waals surface area contributed by atoms with Gasteiger partial charge in [0.05, 0.1) is 13.2 Å². The highest BCUT2D eigenvalue weighted by molar-refractivity contribution is 8.14. The summed E-state index contributed by atoms with van der Waals surface area (Å²) in [6, 6.07) is 16.5. The number of thioether (sulfide) groups is 2. The van der Waals surface area contributed by atoms with Crippen LogP contribution in [-0.4, -0.2) is 29.7 Å². The normalized spacial score (nSPS) is 15.9. The summed E-state index contributed by atoms with van der Waals surface area (Å²) < 4.78 is 5.19. The van der Waals surface area contributed by atoms with Crippen molar-refractivity contribution in [3.8, 4) is 5.75 Å². The van der Waals surface area contributed by atoms with Gasteiger partial charge < -0.3 is 10.1 Å². The van der Waals surface area contributed by atoms with Crippen molar-refractivity contribution in [3.63, 3.8) is 0 Å². The molecular formula is C22H26N2O2S2. The second-order valence-corrected chi connectivity index (χ2v) is 8.75. The van der Waals surface area contributed by atoms with Gasteiger partial charge in [-0.3, -0.25) is 9.79 Å². The highest BCUT2D eigenvalue weighted by Crippen LogP contribution is 2.30. The monoisotopic (exact) mass is 414 g/mol. The number of aryl methyl sites for hydroxylation is 1. The molecule has 0 saturated carbocycles. The van der Waals surface area contributed by atoms with Crippen LogP contribution in [0, 0.1) is 0 Å². The maximum Gasteiger partial charge on any atom is 0.226 e. The summed E-state index contributed by atoms with van der Waals surface area (Å²) in [6.45, 7) is 2.19. The number of amidine groups is 1. The van der Waals surface area contributed by atoms with E-state index in [1.54, 1.807) is 18.9 Å². The molecule has 0 spiro atoms. The van der Waals surface area contributed by atoms with Crippen LogP contribution in [0.4, 0.5) is 0 Å². The van der Waals surface area contributed by atoms with Gasteiger partial charge in [-0.25, -0.2) is 0 Å². The van der Waals surface area contributed by atoms with Gasteiger partial charge >= 0.3 is 0 Å². The molecule has 1 atom stereocenters. The Labute approximate surface area is 175 Å². The van der Waals surface area contributed by atoms with Crippen molar-refractivity contribution in [1.82, 2.24) is 5.32 Å². The van der Waals surface area contributed by atoms with Crippen molar-refractivity contribution >= 4 is 34.6 Å². The standard InChI is InChI=1S/C22H26N2O2S2/c1-3-14-27-19-11-4-16(5-12-19)6-13-21(25)24-22-23-20(15-28-22)17-7-9-18(26-2)10-8-17/h4-5,7-12,20H,3,6,13-15H2,1-2H3,(H,23,24,25). The van der Waals surface area contributed by atoms with E-state index in [1.807, 2.05) is 36.0 Å². The quantitative estimate of drug-likeness (QED) is 0.611. The van der Waals surface area contributed by atoms with Crippen molar-refractivity contribution in [3.05, 3.63) is 59.7 Å². The third kappa shape index (κ3) is 6.04. The van der Waals surface area contributed by atoms with Gasteiger partial charge in [-0.2, -0.15) is 0 Å². The molecule has 2 aromatic rings. The molecule has 1 amide bonds. The Balaban J connectivity index is 1.46. The fraction of sp³-hybridized carbons (Fsp3) is 0.364. The van der Waals surface area contributed by atoms with Crippen LogP contribution < -0.4 is 10.1 Å². The van der Waals surface area contributed by atoms with Crippen LogP contribution in [-0.2, 0) is 11.2 Å². The van der Waals surface area contributed by atoms with E-state index in [1.165, 1.54) is 16.9 Å². The minimum Gasteiger partial charge on any atom is -0.497 e. The van der Waals surface area contributed by atoms with Gasteiger partial charge in [0, 0.05) is 17.1 Å². The van der Waals surface area contributed by atoms with E-state index in [9.17, 15) is 4.79 Å². The van der Waals surface area contributed by atoms with Crippen molar-refractivity contribution in [2.45, 2.75) is 37.1 Å². The molecule has 148 valence electrons. The summed E-state index contributed by atoms with van der Waals surface area (Å²) >= 11 is 3.47. The van der Waals surface area contributed by atoms with Gasteiger partial charge in [0.25, 0.3) is 0 Å². The number of ether oxygens (including phenoxy) is 1. The number of hydrogen-bond acceptors (Lipinski definition) is 5. The van der Waals surface area contributed by atoms with Crippen molar-refractivity contribution < 1.29 is 9.53 Å². The molecule has 0 aliphatic carbocycles. The van der Waals surface area contributed by atoms with E-state index in [4.69, 9.17) is 4.74 Å². The maximum atomic E-state index is 12.3. The first kappa shape index (κ1) is 20.8. The number of nitrogens with zero attached hydrogens (tertiary/aromatic N) is 1. The Hall–Kier alpha value is -1.92. The number of nitrogens with one attached hydrogen (secondary N) is 1. The maximum absolute atomic E-state index is 12.3. The third-order valence-electron chi connectivity index (χ3n) is 4.43. The summed E-state index contributed by atoms with van der Waals surface area (Å²) in [4.78, 5) is 18.2. The summed E-state index contributed by atoms with van der Waals surface area (Å²) in [6.07, 6.45) is 2.38. The highest BCUT2D eigenvalue weighted by Gasteiger charge is 2.21.